The van der Waals surface area contributed by atoms with Gasteiger partial charge in [-0.05, 0) is 50.8 Å². The number of benzene rings is 1. The van der Waals surface area contributed by atoms with E-state index in [2.05, 4.69) is 6.92 Å². The number of ether oxygens (including phenoxy) is 2. The van der Waals surface area contributed by atoms with Crippen LogP contribution in [-0.2, 0) is 9.53 Å². The Hall–Kier alpha value is -1.55. The summed E-state index contributed by atoms with van der Waals surface area (Å²) >= 11 is 0. The van der Waals surface area contributed by atoms with E-state index >= 15 is 0 Å². The van der Waals surface area contributed by atoms with Crippen molar-refractivity contribution in [2.45, 2.75) is 58.1 Å². The predicted octanol–water partition coefficient (Wildman–Crippen LogP) is 3.25. The summed E-state index contributed by atoms with van der Waals surface area (Å²) in [5, 5.41) is 0. The van der Waals surface area contributed by atoms with Crippen LogP contribution in [0.5, 0.6) is 5.75 Å². The summed E-state index contributed by atoms with van der Waals surface area (Å²) in [6.45, 7) is 7.68. The number of esters is 1. The van der Waals surface area contributed by atoms with Gasteiger partial charge in [0.1, 0.15) is 11.4 Å². The molecule has 1 unspecified atom stereocenters. The molecule has 0 saturated carbocycles. The van der Waals surface area contributed by atoms with E-state index in [4.69, 9.17) is 15.2 Å². The van der Waals surface area contributed by atoms with Gasteiger partial charge in [-0.25, -0.2) is 0 Å². The van der Waals surface area contributed by atoms with Gasteiger partial charge in [-0.3, -0.25) is 4.79 Å². The standard InChI is InChI=1S/C17H27NO3/c1-12(13-6-8-15(20-5)9-7-13)10-14(18)11-16(19)21-17(2,3)4/h6-9,12,14H,10-11,18H2,1-5H3/t12?,14-/m0/s1. The molecule has 1 rings (SSSR count). The van der Waals surface area contributed by atoms with Crippen molar-refractivity contribution >= 4 is 5.97 Å². The molecule has 0 spiro atoms. The van der Waals surface area contributed by atoms with E-state index in [1.807, 2.05) is 45.0 Å². The van der Waals surface area contributed by atoms with Gasteiger partial charge >= 0.3 is 5.97 Å². The molecule has 0 aliphatic rings. The van der Waals surface area contributed by atoms with Crippen molar-refractivity contribution in [3.05, 3.63) is 29.8 Å². The van der Waals surface area contributed by atoms with E-state index in [9.17, 15) is 4.79 Å². The zero-order valence-electron chi connectivity index (χ0n) is 13.7. The highest BCUT2D eigenvalue weighted by Crippen LogP contribution is 2.23. The lowest BCUT2D eigenvalue weighted by Gasteiger charge is -2.22. The molecule has 0 aromatic heterocycles. The summed E-state index contributed by atoms with van der Waals surface area (Å²) < 4.78 is 10.4. The molecule has 21 heavy (non-hydrogen) atoms. The largest absolute Gasteiger partial charge is 0.497 e. The third-order valence-electron chi connectivity index (χ3n) is 3.19. The summed E-state index contributed by atoms with van der Waals surface area (Å²) in [6, 6.07) is 7.74. The molecule has 1 aromatic rings. The highest BCUT2D eigenvalue weighted by Gasteiger charge is 2.20. The van der Waals surface area contributed by atoms with Crippen LogP contribution in [0.15, 0.2) is 24.3 Å². The first-order chi connectivity index (χ1) is 9.71. The average molecular weight is 293 g/mol. The third-order valence-corrected chi connectivity index (χ3v) is 3.19. The minimum atomic E-state index is -0.460. The molecule has 0 radical (unpaired) electrons. The maximum atomic E-state index is 11.8. The number of carbonyl (C=O) groups excluding carboxylic acids is 1. The molecular weight excluding hydrogens is 266 g/mol. The second-order valence-corrected chi connectivity index (χ2v) is 6.46. The number of hydrogen-bond acceptors (Lipinski definition) is 4. The van der Waals surface area contributed by atoms with Crippen LogP contribution in [0, 0.1) is 0 Å². The summed E-state index contributed by atoms with van der Waals surface area (Å²) in [5.74, 6) is 0.884. The minimum absolute atomic E-state index is 0.197. The SMILES string of the molecule is COc1ccc(C(C)C[C@H](N)CC(=O)OC(C)(C)C)cc1. The molecule has 0 aliphatic carbocycles. The zero-order valence-corrected chi connectivity index (χ0v) is 13.7. The van der Waals surface area contributed by atoms with Gasteiger partial charge in [-0.1, -0.05) is 19.1 Å². The van der Waals surface area contributed by atoms with Gasteiger partial charge in [0.2, 0.25) is 0 Å². The van der Waals surface area contributed by atoms with Crippen LogP contribution in [0.3, 0.4) is 0 Å². The van der Waals surface area contributed by atoms with Gasteiger partial charge in [0.05, 0.1) is 13.5 Å². The first-order valence-electron chi connectivity index (χ1n) is 7.32. The van der Waals surface area contributed by atoms with Crippen molar-refractivity contribution < 1.29 is 14.3 Å². The van der Waals surface area contributed by atoms with Crippen molar-refractivity contribution in [2.75, 3.05) is 7.11 Å². The fraction of sp³-hybridized carbons (Fsp3) is 0.588. The summed E-state index contributed by atoms with van der Waals surface area (Å²) in [5.41, 5.74) is 6.79. The molecule has 1 aromatic carbocycles. The summed E-state index contributed by atoms with van der Waals surface area (Å²) in [6.07, 6.45) is 0.989. The molecule has 0 heterocycles. The number of nitrogens with two attached hydrogens (primary N) is 1. The van der Waals surface area contributed by atoms with Gasteiger partial charge in [0.25, 0.3) is 0 Å². The first kappa shape index (κ1) is 17.5. The Morgan fingerprint density at radius 2 is 1.81 bits per heavy atom. The van der Waals surface area contributed by atoms with Crippen molar-refractivity contribution in [1.82, 2.24) is 0 Å². The smallest absolute Gasteiger partial charge is 0.307 e. The van der Waals surface area contributed by atoms with Gasteiger partial charge < -0.3 is 15.2 Å². The second-order valence-electron chi connectivity index (χ2n) is 6.46. The van der Waals surface area contributed by atoms with Crippen molar-refractivity contribution in [3.8, 4) is 5.75 Å². The predicted molar refractivity (Wildman–Crippen MR) is 84.5 cm³/mol. The Bertz CT molecular complexity index is 448. The van der Waals surface area contributed by atoms with Crippen molar-refractivity contribution in [1.29, 1.82) is 0 Å². The molecule has 2 atom stereocenters. The maximum absolute atomic E-state index is 11.8. The molecule has 0 saturated heterocycles. The van der Waals surface area contributed by atoms with Crippen LogP contribution < -0.4 is 10.5 Å². The Kier molecular flexibility index (Phi) is 6.21. The molecule has 4 nitrogen and oxygen atoms in total. The number of hydrogen-bond donors (Lipinski definition) is 1. The Labute approximate surface area is 127 Å². The molecule has 0 fully saturated rings. The lowest BCUT2D eigenvalue weighted by molar-refractivity contribution is -0.155. The fourth-order valence-corrected chi connectivity index (χ4v) is 2.20. The van der Waals surface area contributed by atoms with E-state index in [0.717, 1.165) is 12.2 Å². The first-order valence-corrected chi connectivity index (χ1v) is 7.32. The third kappa shape index (κ3) is 6.63. The van der Waals surface area contributed by atoms with Crippen LogP contribution >= 0.6 is 0 Å². The highest BCUT2D eigenvalue weighted by molar-refractivity contribution is 5.70. The number of rotatable bonds is 6. The molecule has 0 bridgehead atoms. The normalized spacial score (nSPS) is 14.4. The molecular formula is C17H27NO3. The van der Waals surface area contributed by atoms with Crippen LogP contribution in [0.1, 0.15) is 52.0 Å². The molecule has 4 heteroatoms. The van der Waals surface area contributed by atoms with Gasteiger partial charge in [-0.2, -0.15) is 0 Å². The van der Waals surface area contributed by atoms with Crippen LogP contribution in [0.4, 0.5) is 0 Å². The Morgan fingerprint density at radius 3 is 2.29 bits per heavy atom. The summed E-state index contributed by atoms with van der Waals surface area (Å²) in [7, 11) is 1.65. The van der Waals surface area contributed by atoms with Crippen molar-refractivity contribution in [3.63, 3.8) is 0 Å². The average Bonchev–Trinajstić information content (AvgIpc) is 2.36. The molecule has 0 amide bonds. The van der Waals surface area contributed by atoms with Crippen LogP contribution in [0.25, 0.3) is 0 Å². The van der Waals surface area contributed by atoms with Crippen LogP contribution in [0.2, 0.25) is 0 Å². The van der Waals surface area contributed by atoms with Crippen LogP contribution in [-0.4, -0.2) is 24.7 Å². The van der Waals surface area contributed by atoms with Gasteiger partial charge in [0.15, 0.2) is 0 Å². The topological polar surface area (TPSA) is 61.5 Å². The van der Waals surface area contributed by atoms with Gasteiger partial charge in [-0.15, -0.1) is 0 Å². The molecule has 118 valence electrons. The minimum Gasteiger partial charge on any atom is -0.497 e. The number of carbonyl (C=O) groups is 1. The molecule has 0 aliphatic heterocycles. The Morgan fingerprint density at radius 1 is 1.24 bits per heavy atom. The second kappa shape index (κ2) is 7.46. The zero-order chi connectivity index (χ0) is 16.0. The molecule has 2 N–H and O–H groups in total. The summed E-state index contributed by atoms with van der Waals surface area (Å²) in [4.78, 5) is 11.8. The lowest BCUT2D eigenvalue weighted by Crippen LogP contribution is -2.30. The van der Waals surface area contributed by atoms with E-state index in [1.54, 1.807) is 7.11 Å². The lowest BCUT2D eigenvalue weighted by atomic mass is 9.93. The Balaban J connectivity index is 2.49. The van der Waals surface area contributed by atoms with Crippen molar-refractivity contribution in [2.24, 2.45) is 5.73 Å². The van der Waals surface area contributed by atoms with E-state index < -0.39 is 5.60 Å². The van der Waals surface area contributed by atoms with E-state index in [1.165, 1.54) is 5.56 Å². The highest BCUT2D eigenvalue weighted by atomic mass is 16.6. The van der Waals surface area contributed by atoms with Gasteiger partial charge in [0, 0.05) is 6.04 Å². The maximum Gasteiger partial charge on any atom is 0.307 e. The fourth-order valence-electron chi connectivity index (χ4n) is 2.20. The number of methoxy groups -OCH3 is 1. The quantitative estimate of drug-likeness (QED) is 0.818. The van der Waals surface area contributed by atoms with E-state index in [0.29, 0.717) is 0 Å². The monoisotopic (exact) mass is 293 g/mol. The van der Waals surface area contributed by atoms with E-state index in [-0.39, 0.29) is 24.3 Å².